The maximum atomic E-state index is 13.2. The molecule has 2 aromatic heterocycles. The topological polar surface area (TPSA) is 55.3 Å². The normalized spacial score (nSPS) is 10.8. The van der Waals surface area contributed by atoms with E-state index >= 15 is 0 Å². The molecule has 0 aliphatic rings. The number of para-hydroxylation sites is 1. The van der Waals surface area contributed by atoms with Gasteiger partial charge >= 0.3 is 0 Å². The van der Waals surface area contributed by atoms with Crippen molar-refractivity contribution in [2.24, 2.45) is 0 Å². The van der Waals surface area contributed by atoms with Crippen LogP contribution in [0.3, 0.4) is 0 Å². The molecule has 0 bridgehead atoms. The second kappa shape index (κ2) is 8.36. The number of carbonyl (C=O) groups is 1. The zero-order valence-electron chi connectivity index (χ0n) is 15.7. The Hall–Kier alpha value is -3.32. The fraction of sp³-hybridized carbons (Fsp3) is 0.136. The third-order valence-corrected chi connectivity index (χ3v) is 5.52. The average molecular weight is 407 g/mol. The molecule has 2 aromatic carbocycles. The standard InChI is InChI=1S/C22H18FN3O2S/c1-28-18-3-2-4-19-21(18)25-22(29-19)26(14-16-9-11-24-12-10-16)20(27)13-15-5-7-17(23)8-6-15/h2-12H,13-14H2,1H3. The number of amides is 1. The predicted octanol–water partition coefficient (Wildman–Crippen LogP) is 4.61. The first-order valence-electron chi connectivity index (χ1n) is 9.01. The van der Waals surface area contributed by atoms with Crippen LogP contribution in [0.15, 0.2) is 67.0 Å². The second-order valence-electron chi connectivity index (χ2n) is 6.44. The molecule has 0 radical (unpaired) electrons. The van der Waals surface area contributed by atoms with Gasteiger partial charge in [0.05, 0.1) is 24.8 Å². The number of halogens is 1. The van der Waals surface area contributed by atoms with Crippen LogP contribution in [0.2, 0.25) is 0 Å². The van der Waals surface area contributed by atoms with Gasteiger partial charge in [0.2, 0.25) is 5.91 Å². The van der Waals surface area contributed by atoms with Gasteiger partial charge in [-0.2, -0.15) is 0 Å². The number of anilines is 1. The lowest BCUT2D eigenvalue weighted by atomic mass is 10.1. The maximum absolute atomic E-state index is 13.2. The molecule has 4 aromatic rings. The summed E-state index contributed by atoms with van der Waals surface area (Å²) in [6.07, 6.45) is 3.54. The summed E-state index contributed by atoms with van der Waals surface area (Å²) in [6, 6.07) is 15.4. The summed E-state index contributed by atoms with van der Waals surface area (Å²) in [4.78, 5) is 23.6. The van der Waals surface area contributed by atoms with E-state index in [1.807, 2.05) is 30.3 Å². The molecule has 0 fully saturated rings. The monoisotopic (exact) mass is 407 g/mol. The van der Waals surface area contributed by atoms with E-state index in [0.717, 1.165) is 21.3 Å². The van der Waals surface area contributed by atoms with E-state index in [1.165, 1.54) is 23.5 Å². The molecule has 5 nitrogen and oxygen atoms in total. The molecule has 4 rings (SSSR count). The minimum Gasteiger partial charge on any atom is -0.494 e. The molecule has 0 atom stereocenters. The number of hydrogen-bond donors (Lipinski definition) is 0. The molecular weight excluding hydrogens is 389 g/mol. The van der Waals surface area contributed by atoms with Gasteiger partial charge in [0.15, 0.2) is 5.13 Å². The lowest BCUT2D eigenvalue weighted by Gasteiger charge is -2.20. The summed E-state index contributed by atoms with van der Waals surface area (Å²) in [6.45, 7) is 0.366. The van der Waals surface area contributed by atoms with E-state index in [1.54, 1.807) is 36.5 Å². The smallest absolute Gasteiger partial charge is 0.233 e. The van der Waals surface area contributed by atoms with Gasteiger partial charge < -0.3 is 4.74 Å². The zero-order valence-corrected chi connectivity index (χ0v) is 16.5. The first-order chi connectivity index (χ1) is 14.1. The van der Waals surface area contributed by atoms with Crippen LogP contribution in [0, 0.1) is 5.82 Å². The highest BCUT2D eigenvalue weighted by molar-refractivity contribution is 7.22. The Balaban J connectivity index is 1.69. The fourth-order valence-electron chi connectivity index (χ4n) is 3.00. The van der Waals surface area contributed by atoms with Crippen molar-refractivity contribution in [2.45, 2.75) is 13.0 Å². The Bertz CT molecular complexity index is 1130. The van der Waals surface area contributed by atoms with Crippen molar-refractivity contribution in [3.63, 3.8) is 0 Å². The van der Waals surface area contributed by atoms with Crippen molar-refractivity contribution in [2.75, 3.05) is 12.0 Å². The summed E-state index contributed by atoms with van der Waals surface area (Å²) < 4.78 is 19.5. The van der Waals surface area contributed by atoms with E-state index in [-0.39, 0.29) is 18.1 Å². The van der Waals surface area contributed by atoms with Gasteiger partial charge in [-0.05, 0) is 47.5 Å². The van der Waals surface area contributed by atoms with Crippen LogP contribution in [0.1, 0.15) is 11.1 Å². The summed E-state index contributed by atoms with van der Waals surface area (Å²) in [5, 5.41) is 0.591. The first kappa shape index (κ1) is 19.0. The molecule has 29 heavy (non-hydrogen) atoms. The molecule has 0 unspecified atom stereocenters. The Kier molecular flexibility index (Phi) is 5.48. The Morgan fingerprint density at radius 3 is 2.55 bits per heavy atom. The number of fused-ring (bicyclic) bond motifs is 1. The molecular formula is C22H18FN3O2S. The highest BCUT2D eigenvalue weighted by atomic mass is 32.1. The molecule has 0 spiro atoms. The van der Waals surface area contributed by atoms with Crippen molar-refractivity contribution >= 4 is 32.6 Å². The zero-order chi connectivity index (χ0) is 20.2. The Labute approximate surface area is 171 Å². The van der Waals surface area contributed by atoms with E-state index in [4.69, 9.17) is 4.74 Å². The van der Waals surface area contributed by atoms with Gasteiger partial charge in [0.1, 0.15) is 17.1 Å². The average Bonchev–Trinajstić information content (AvgIpc) is 3.18. The minimum atomic E-state index is -0.326. The van der Waals surface area contributed by atoms with Gasteiger partial charge in [0.25, 0.3) is 0 Å². The maximum Gasteiger partial charge on any atom is 0.233 e. The summed E-state index contributed by atoms with van der Waals surface area (Å²) in [5.41, 5.74) is 2.41. The van der Waals surface area contributed by atoms with Crippen LogP contribution in [-0.4, -0.2) is 23.0 Å². The SMILES string of the molecule is COc1cccc2sc(N(Cc3ccncc3)C(=O)Cc3ccc(F)cc3)nc12. The quantitative estimate of drug-likeness (QED) is 0.468. The third-order valence-electron chi connectivity index (χ3n) is 4.48. The first-order valence-corrected chi connectivity index (χ1v) is 9.83. The van der Waals surface area contributed by atoms with Crippen molar-refractivity contribution < 1.29 is 13.9 Å². The van der Waals surface area contributed by atoms with Crippen molar-refractivity contribution in [1.29, 1.82) is 0 Å². The number of ether oxygens (including phenoxy) is 1. The number of nitrogens with zero attached hydrogens (tertiary/aromatic N) is 3. The van der Waals surface area contributed by atoms with Crippen molar-refractivity contribution in [3.05, 3.63) is 83.9 Å². The minimum absolute atomic E-state index is 0.119. The molecule has 146 valence electrons. The van der Waals surface area contributed by atoms with Crippen LogP contribution in [-0.2, 0) is 17.8 Å². The van der Waals surface area contributed by atoms with Crippen LogP contribution in [0.25, 0.3) is 10.2 Å². The molecule has 0 saturated heterocycles. The number of carbonyl (C=O) groups excluding carboxylic acids is 1. The van der Waals surface area contributed by atoms with E-state index in [9.17, 15) is 9.18 Å². The van der Waals surface area contributed by atoms with Crippen LogP contribution < -0.4 is 9.64 Å². The molecule has 2 heterocycles. The lowest BCUT2D eigenvalue weighted by Crippen LogP contribution is -2.31. The van der Waals surface area contributed by atoms with Crippen LogP contribution >= 0.6 is 11.3 Å². The number of hydrogen-bond acceptors (Lipinski definition) is 5. The van der Waals surface area contributed by atoms with Crippen molar-refractivity contribution in [1.82, 2.24) is 9.97 Å². The predicted molar refractivity (Wildman–Crippen MR) is 112 cm³/mol. The lowest BCUT2D eigenvalue weighted by molar-refractivity contribution is -0.118. The van der Waals surface area contributed by atoms with E-state index in [2.05, 4.69) is 9.97 Å². The molecule has 7 heteroatoms. The number of thiazole rings is 1. The Morgan fingerprint density at radius 1 is 1.07 bits per heavy atom. The fourth-order valence-corrected chi connectivity index (χ4v) is 4.00. The van der Waals surface area contributed by atoms with Crippen LogP contribution in [0.4, 0.5) is 9.52 Å². The highest BCUT2D eigenvalue weighted by Crippen LogP contribution is 2.34. The number of pyridine rings is 1. The van der Waals surface area contributed by atoms with Gasteiger partial charge in [-0.1, -0.05) is 29.5 Å². The molecule has 0 N–H and O–H groups in total. The molecule has 1 amide bonds. The van der Waals surface area contributed by atoms with Crippen LogP contribution in [0.5, 0.6) is 5.75 Å². The van der Waals surface area contributed by atoms with E-state index < -0.39 is 0 Å². The molecule has 0 aliphatic carbocycles. The third kappa shape index (κ3) is 4.25. The van der Waals surface area contributed by atoms with E-state index in [0.29, 0.717) is 17.4 Å². The number of benzene rings is 2. The number of rotatable bonds is 6. The van der Waals surface area contributed by atoms with Gasteiger partial charge in [0, 0.05) is 12.4 Å². The second-order valence-corrected chi connectivity index (χ2v) is 7.45. The summed E-state index contributed by atoms with van der Waals surface area (Å²) in [7, 11) is 1.60. The van der Waals surface area contributed by atoms with Crippen molar-refractivity contribution in [3.8, 4) is 5.75 Å². The number of aromatic nitrogens is 2. The number of methoxy groups -OCH3 is 1. The van der Waals surface area contributed by atoms with Gasteiger partial charge in [-0.15, -0.1) is 0 Å². The van der Waals surface area contributed by atoms with Gasteiger partial charge in [-0.25, -0.2) is 9.37 Å². The molecule has 0 saturated carbocycles. The molecule has 0 aliphatic heterocycles. The van der Waals surface area contributed by atoms with Gasteiger partial charge in [-0.3, -0.25) is 14.7 Å². The Morgan fingerprint density at radius 2 is 1.83 bits per heavy atom. The highest BCUT2D eigenvalue weighted by Gasteiger charge is 2.21. The summed E-state index contributed by atoms with van der Waals surface area (Å²) in [5.74, 6) is 0.222. The summed E-state index contributed by atoms with van der Waals surface area (Å²) >= 11 is 1.43. The largest absolute Gasteiger partial charge is 0.494 e.